The Morgan fingerprint density at radius 1 is 0.311 bits per heavy atom. The Balaban J connectivity index is 0.00000296. The molecule has 0 fully saturated rings. The van der Waals surface area contributed by atoms with Crippen LogP contribution in [0.4, 0.5) is 0 Å². The highest BCUT2D eigenvalue weighted by molar-refractivity contribution is 9.11. The van der Waals surface area contributed by atoms with Crippen molar-refractivity contribution in [1.82, 2.24) is 0 Å². The monoisotopic (exact) mass is 1170 g/mol. The van der Waals surface area contributed by atoms with Crippen molar-refractivity contribution in [3.05, 3.63) is 62.0 Å². The van der Waals surface area contributed by atoms with Crippen LogP contribution in [0.15, 0.2) is 45.3 Å². The molecule has 0 amide bonds. The lowest BCUT2D eigenvalue weighted by Crippen LogP contribution is -2.98. The molecule has 0 aliphatic carbocycles. The van der Waals surface area contributed by atoms with E-state index in [0.717, 1.165) is 20.3 Å². The smallest absolute Gasteiger partial charge is 0.133 e. The zero-order valence-electron chi connectivity index (χ0n) is 50.9. The molecule has 0 atom stereocenters. The van der Waals surface area contributed by atoms with Gasteiger partial charge in [-0.1, -0.05) is 22.0 Å². The number of hydrogen-bond donors (Lipinski definition) is 1. The third-order valence-corrected chi connectivity index (χ3v) is 18.2. The van der Waals surface area contributed by atoms with Crippen LogP contribution in [0, 0.1) is 22.7 Å². The summed E-state index contributed by atoms with van der Waals surface area (Å²) in [5, 5.41) is 25.8. The van der Waals surface area contributed by atoms with Crippen LogP contribution < -0.4 is 4.74 Å². The molecule has 70 radical (unpaired) electrons. The van der Waals surface area contributed by atoms with E-state index in [4.69, 9.17) is 291 Å². The van der Waals surface area contributed by atoms with E-state index in [0.29, 0.717) is 11.1 Å². The number of aliphatic hydroxyl groups is 1. The number of ether oxygens (including phenoxy) is 1. The molecule has 4 nitrogen and oxygen atoms in total. The van der Waals surface area contributed by atoms with Crippen molar-refractivity contribution in [1.29, 1.82) is 10.5 Å². The molecule has 0 spiro atoms. The van der Waals surface area contributed by atoms with Gasteiger partial charge in [0.05, 0.1) is 41.5 Å². The fourth-order valence-corrected chi connectivity index (χ4v) is 14.3. The van der Waals surface area contributed by atoms with Gasteiger partial charge in [0.2, 0.25) is 0 Å². The van der Waals surface area contributed by atoms with E-state index in [2.05, 4.69) is 31.9 Å². The second kappa shape index (κ2) is 44.7. The van der Waals surface area contributed by atoms with E-state index in [1.807, 2.05) is 12.1 Å². The van der Waals surface area contributed by atoms with E-state index >= 15 is 0 Å². The van der Waals surface area contributed by atoms with Gasteiger partial charge >= 0.3 is 0 Å². The Kier molecular flexibility index (Phi) is 46.0. The summed E-state index contributed by atoms with van der Waals surface area (Å²) in [7, 11) is 236. The molecule has 0 aliphatic heterocycles. The fourth-order valence-electron chi connectivity index (χ4n) is 13.3. The van der Waals surface area contributed by atoms with Crippen molar-refractivity contribution in [3.63, 3.8) is 0 Å². The van der Waals surface area contributed by atoms with Crippen LogP contribution in [0.2, 0.25) is 0 Å². The second-order valence-electron chi connectivity index (χ2n) is 23.1. The highest BCUT2D eigenvalue weighted by atomic mass is 79.9. The number of rotatable bonds is 34. The van der Waals surface area contributed by atoms with Crippen LogP contribution in [-0.4, -0.2) is 494 Å². The summed E-state index contributed by atoms with van der Waals surface area (Å²) in [6.45, 7) is -0.00765. The average molecular weight is 1160 g/mol. The predicted octanol–water partition coefficient (Wildman–Crippen LogP) is -21.8. The first kappa shape index (κ1) is 92.6. The lowest BCUT2D eigenvalue weighted by Gasteiger charge is -2.60. The standard InChI is InChI=1S/2C8H6BrNO.B68/c1-11-8-3-2-6(5-10)4-7(8)9;9-8-3-6(4-10)1-2-7(8)5-11;1-36(2)53(35)62(54(37(3)4)38(5)6)66(61(51(31)32)52(33)34)68(65(59(47(23)24)48(25)26)60(49(27)28)50(29)30)67(63(55(39(7)8)40(9)10)56(41(11)12)42(13)14)64(57(43(15)16)44(17)18)58(45(19)20)46(21)22/h2-4H,1H3;1-3,11H,5H2;. The van der Waals surface area contributed by atoms with E-state index in [1.165, 1.54) is 0 Å². The van der Waals surface area contributed by atoms with Gasteiger partial charge in [0, 0.05) is 486 Å². The van der Waals surface area contributed by atoms with Crippen LogP contribution in [0.1, 0.15) is 16.7 Å². The van der Waals surface area contributed by atoms with Crippen LogP contribution in [0.25, 0.3) is 0 Å². The minimum atomic E-state index is -1.68. The number of nitriles is 2. The van der Waals surface area contributed by atoms with Gasteiger partial charge in [0.1, 0.15) is 5.75 Å². The number of methoxy groups -OCH3 is 1. The molecular formula is C16H12B68Br2N2O2. The summed E-state index contributed by atoms with van der Waals surface area (Å²) in [4.78, 5) is 0. The molecule has 0 bridgehead atoms. The van der Waals surface area contributed by atoms with E-state index in [9.17, 15) is 0 Å². The molecule has 0 heterocycles. The van der Waals surface area contributed by atoms with Gasteiger partial charge in [-0.2, -0.15) is 10.5 Å². The van der Waals surface area contributed by atoms with Gasteiger partial charge < -0.3 is 9.84 Å². The number of benzene rings is 2. The minimum Gasteiger partial charge on any atom is -0.496 e. The largest absolute Gasteiger partial charge is 0.496 e. The number of aliphatic hydroxyl groups excluding tert-OH is 1. The van der Waals surface area contributed by atoms with E-state index in [-0.39, 0.29) is 6.61 Å². The SMILES string of the molecule is COc1ccc(C#N)cc1Br.N#Cc1ccc(CO)c(Br)c1.[B]B([B])B([B])B(B(B([B])[B])B([B])[B])B(B(B([B])[B])B([B])[B])B(B(B(B([B])[B])B([B])[B])B(B([B])[B])B([B])[B])B(B(B(B([B])[B])B([B])[B])B(B([B])[B])B([B])[B])B(B(B([B])[B])B([B])[B])B(B([B])[B])B([B])[B]. The molecule has 90 heavy (non-hydrogen) atoms. The Labute approximate surface area is 621 Å². The summed E-state index contributed by atoms with van der Waals surface area (Å²) in [5.74, 6) is 0.740. The number of halogens is 2. The summed E-state index contributed by atoms with van der Waals surface area (Å²) >= 11 is 6.51. The predicted molar refractivity (Wildman–Crippen MR) is 481 cm³/mol. The Hall–Kier alpha value is 2.56. The van der Waals surface area contributed by atoms with Crippen LogP contribution >= 0.6 is 31.9 Å². The Bertz CT molecular complexity index is 2170. The topological polar surface area (TPSA) is 77.0 Å². The molecular weight excluding hydrogens is 1150 g/mol. The van der Waals surface area contributed by atoms with Crippen molar-refractivity contribution < 1.29 is 9.84 Å². The molecule has 0 saturated heterocycles. The third kappa shape index (κ3) is 26.8. The van der Waals surface area contributed by atoms with Crippen molar-refractivity contribution in [3.8, 4) is 17.9 Å². The van der Waals surface area contributed by atoms with Gasteiger partial charge in [-0.15, -0.1) is 0 Å². The maximum atomic E-state index is 8.77. The van der Waals surface area contributed by atoms with Crippen LogP contribution in [0.3, 0.4) is 0 Å². The lowest BCUT2D eigenvalue weighted by atomic mass is 8.21. The van der Waals surface area contributed by atoms with Gasteiger partial charge in [-0.3, -0.25) is 0 Å². The van der Waals surface area contributed by atoms with Crippen molar-refractivity contribution in [2.75, 3.05) is 7.11 Å². The second-order valence-corrected chi connectivity index (χ2v) is 24.8. The molecule has 0 unspecified atom stereocenters. The highest BCUT2D eigenvalue weighted by Crippen LogP contribution is 2.27. The molecule has 0 aromatic heterocycles. The molecule has 74 heteroatoms. The Morgan fingerprint density at radius 2 is 0.511 bits per heavy atom. The van der Waals surface area contributed by atoms with Crippen molar-refractivity contribution >= 4 is 513 Å². The van der Waals surface area contributed by atoms with Gasteiger partial charge in [-0.05, 0) is 51.8 Å². The van der Waals surface area contributed by atoms with Crippen molar-refractivity contribution in [2.45, 2.75) is 6.61 Å². The maximum absolute atomic E-state index is 8.77. The van der Waals surface area contributed by atoms with E-state index in [1.54, 1.807) is 43.5 Å². The molecule has 2 aromatic rings. The normalized spacial score (nSPS) is 9.58. The summed E-state index contributed by atoms with van der Waals surface area (Å²) < 4.78 is 6.57. The first-order valence-corrected chi connectivity index (χ1v) is 30.0. The quantitative estimate of drug-likeness (QED) is 0.0709. The first-order chi connectivity index (χ1) is 41.4. The molecule has 2 aromatic carbocycles. The van der Waals surface area contributed by atoms with Gasteiger partial charge in [0.15, 0.2) is 0 Å². The van der Waals surface area contributed by atoms with Crippen molar-refractivity contribution in [2.24, 2.45) is 0 Å². The van der Waals surface area contributed by atoms with Gasteiger partial charge in [-0.25, -0.2) is 0 Å². The zero-order valence-corrected chi connectivity index (χ0v) is 54.1. The lowest BCUT2D eigenvalue weighted by molar-refractivity contribution is 0.281. The summed E-state index contributed by atoms with van der Waals surface area (Å²) in [5.41, 5.74) is 2.01. The number of nitrogens with zero attached hydrogens (tertiary/aromatic N) is 2. The fraction of sp³-hybridized carbons (Fsp3) is 0.125. The summed E-state index contributed by atoms with van der Waals surface area (Å²) in [6.07, 6.45) is -50.6. The zero-order chi connectivity index (χ0) is 70.6. The average Bonchev–Trinajstić information content (AvgIpc) is 0.773. The van der Waals surface area contributed by atoms with E-state index < -0.39 is 211 Å². The Morgan fingerprint density at radius 3 is 0.689 bits per heavy atom. The van der Waals surface area contributed by atoms with Crippen LogP contribution in [0.5, 0.6) is 5.75 Å². The molecule has 316 valence electrons. The third-order valence-electron chi connectivity index (χ3n) is 16.9. The molecule has 0 aliphatic rings. The maximum Gasteiger partial charge on any atom is 0.133 e. The number of hydrogen-bond acceptors (Lipinski definition) is 4. The van der Waals surface area contributed by atoms with Gasteiger partial charge in [0.25, 0.3) is 0 Å². The summed E-state index contributed by atoms with van der Waals surface area (Å²) in [6, 6.07) is 14.3. The molecule has 2 rings (SSSR count). The molecule has 0 saturated carbocycles. The molecule has 1 N–H and O–H groups in total. The highest BCUT2D eigenvalue weighted by Gasteiger charge is 2.64. The first-order valence-electron chi connectivity index (χ1n) is 28.4. The van der Waals surface area contributed by atoms with Crippen LogP contribution in [-0.2, 0) is 6.61 Å². The minimum absolute atomic E-state index is 0.00765.